The van der Waals surface area contributed by atoms with Crippen molar-refractivity contribution in [3.63, 3.8) is 0 Å². The minimum Gasteiger partial charge on any atom is -0.365 e. The molecular weight excluding hydrogens is 351 g/mol. The molecule has 3 amide bonds. The lowest BCUT2D eigenvalue weighted by Crippen LogP contribution is -2.47. The summed E-state index contributed by atoms with van der Waals surface area (Å²) >= 11 is 0. The molecule has 7 nitrogen and oxygen atoms in total. The van der Waals surface area contributed by atoms with Crippen LogP contribution in [0.5, 0.6) is 0 Å². The predicted molar refractivity (Wildman–Crippen MR) is 93.4 cm³/mol. The first-order valence-corrected chi connectivity index (χ1v) is 8.90. The van der Waals surface area contributed by atoms with E-state index in [0.29, 0.717) is 29.3 Å². The number of hydrogen-bond donors (Lipinski definition) is 2. The number of imide groups is 1. The summed E-state index contributed by atoms with van der Waals surface area (Å²) in [6.45, 7) is 0. The van der Waals surface area contributed by atoms with Gasteiger partial charge in [-0.25, -0.2) is 9.18 Å². The Morgan fingerprint density at radius 3 is 2.89 bits per heavy atom. The SMILES string of the molecule is O=C1NC(Cc2c[nH]c3cccc(F)c23)C(=O)N1C1CC(c2ccon2)C1. The Morgan fingerprint density at radius 1 is 1.26 bits per heavy atom. The van der Waals surface area contributed by atoms with E-state index in [2.05, 4.69) is 15.5 Å². The van der Waals surface area contributed by atoms with Gasteiger partial charge < -0.3 is 14.8 Å². The van der Waals surface area contributed by atoms with E-state index in [1.54, 1.807) is 24.4 Å². The highest BCUT2D eigenvalue weighted by molar-refractivity contribution is 6.05. The van der Waals surface area contributed by atoms with Gasteiger partial charge in [0, 0.05) is 41.5 Å². The van der Waals surface area contributed by atoms with E-state index in [9.17, 15) is 14.0 Å². The number of aromatic amines is 1. The predicted octanol–water partition coefficient (Wildman–Crippen LogP) is 2.70. The number of urea groups is 1. The second-order valence-corrected chi connectivity index (χ2v) is 7.14. The van der Waals surface area contributed by atoms with Gasteiger partial charge in [0.15, 0.2) is 0 Å². The Morgan fingerprint density at radius 2 is 2.11 bits per heavy atom. The van der Waals surface area contributed by atoms with Crippen molar-refractivity contribution in [2.24, 2.45) is 0 Å². The fourth-order valence-corrected chi connectivity index (χ4v) is 4.09. The van der Waals surface area contributed by atoms with E-state index < -0.39 is 6.04 Å². The minimum atomic E-state index is -0.679. The summed E-state index contributed by atoms with van der Waals surface area (Å²) in [4.78, 5) is 29.5. The zero-order valence-corrected chi connectivity index (χ0v) is 14.3. The quantitative estimate of drug-likeness (QED) is 0.693. The van der Waals surface area contributed by atoms with E-state index in [1.165, 1.54) is 17.2 Å². The molecule has 1 aromatic carbocycles. The Kier molecular flexibility index (Phi) is 3.53. The molecule has 2 aliphatic rings. The largest absolute Gasteiger partial charge is 0.365 e. The number of nitrogens with one attached hydrogen (secondary N) is 2. The molecule has 138 valence electrons. The number of rotatable bonds is 4. The van der Waals surface area contributed by atoms with Crippen LogP contribution in [0.4, 0.5) is 9.18 Å². The van der Waals surface area contributed by atoms with Gasteiger partial charge in [-0.05, 0) is 30.5 Å². The number of carbonyl (C=O) groups excluding carboxylic acids is 2. The average Bonchev–Trinajstić information content (AvgIpc) is 3.32. The standard InChI is InChI=1S/C19H17FN4O3/c20-13-2-1-3-15-17(13)11(9-21-15)8-16-18(25)24(19(26)22-16)12-6-10(7-12)14-4-5-27-23-14/h1-5,9-10,12,16,21H,6-8H2,(H,22,26). The second-order valence-electron chi connectivity index (χ2n) is 7.14. The third-order valence-electron chi connectivity index (χ3n) is 5.57. The maximum atomic E-state index is 14.2. The molecule has 1 aliphatic heterocycles. The molecule has 1 saturated heterocycles. The van der Waals surface area contributed by atoms with Gasteiger partial charge in [-0.3, -0.25) is 9.69 Å². The molecule has 0 spiro atoms. The van der Waals surface area contributed by atoms with Crippen LogP contribution in [0, 0.1) is 5.82 Å². The molecule has 2 aromatic heterocycles. The topological polar surface area (TPSA) is 91.2 Å². The highest BCUT2D eigenvalue weighted by Gasteiger charge is 2.47. The molecule has 27 heavy (non-hydrogen) atoms. The van der Waals surface area contributed by atoms with E-state index in [1.807, 2.05) is 0 Å². The molecule has 1 unspecified atom stereocenters. The molecule has 0 bridgehead atoms. The van der Waals surface area contributed by atoms with Crippen molar-refractivity contribution in [3.05, 3.63) is 53.8 Å². The van der Waals surface area contributed by atoms with Gasteiger partial charge >= 0.3 is 6.03 Å². The van der Waals surface area contributed by atoms with Crippen LogP contribution >= 0.6 is 0 Å². The zero-order chi connectivity index (χ0) is 18.5. The van der Waals surface area contributed by atoms with Gasteiger partial charge in [0.2, 0.25) is 0 Å². The molecule has 1 aliphatic carbocycles. The third-order valence-corrected chi connectivity index (χ3v) is 5.57. The van der Waals surface area contributed by atoms with Crippen LogP contribution in [0.1, 0.15) is 30.0 Å². The van der Waals surface area contributed by atoms with Gasteiger partial charge in [0.25, 0.3) is 5.91 Å². The first-order valence-electron chi connectivity index (χ1n) is 8.90. The molecule has 0 radical (unpaired) electrons. The van der Waals surface area contributed by atoms with Crippen LogP contribution in [0.2, 0.25) is 0 Å². The smallest absolute Gasteiger partial charge is 0.325 e. The molecule has 1 atom stereocenters. The van der Waals surface area contributed by atoms with Crippen LogP contribution in [0.3, 0.4) is 0 Å². The summed E-state index contributed by atoms with van der Waals surface area (Å²) < 4.78 is 19.0. The molecule has 1 saturated carbocycles. The van der Waals surface area contributed by atoms with Crippen molar-refractivity contribution in [2.75, 3.05) is 0 Å². The number of aromatic nitrogens is 2. The van der Waals surface area contributed by atoms with E-state index in [0.717, 1.165) is 5.69 Å². The number of carbonyl (C=O) groups is 2. The molecule has 3 aromatic rings. The lowest BCUT2D eigenvalue weighted by atomic mass is 9.77. The molecule has 8 heteroatoms. The molecular formula is C19H17FN4O3. The zero-order valence-electron chi connectivity index (χ0n) is 14.3. The first kappa shape index (κ1) is 16.0. The van der Waals surface area contributed by atoms with Crippen molar-refractivity contribution in [1.82, 2.24) is 20.4 Å². The van der Waals surface area contributed by atoms with Crippen molar-refractivity contribution >= 4 is 22.8 Å². The second kappa shape index (κ2) is 5.94. The maximum Gasteiger partial charge on any atom is 0.325 e. The van der Waals surface area contributed by atoms with Gasteiger partial charge in [0.1, 0.15) is 18.1 Å². The van der Waals surface area contributed by atoms with Crippen LogP contribution in [-0.2, 0) is 11.2 Å². The first-order chi connectivity index (χ1) is 13.1. The van der Waals surface area contributed by atoms with Gasteiger partial charge in [-0.2, -0.15) is 0 Å². The van der Waals surface area contributed by atoms with Gasteiger partial charge in [-0.15, -0.1) is 0 Å². The fourth-order valence-electron chi connectivity index (χ4n) is 4.09. The number of nitrogens with zero attached hydrogens (tertiary/aromatic N) is 2. The number of halogens is 1. The fraction of sp³-hybridized carbons (Fsp3) is 0.316. The molecule has 5 rings (SSSR count). The normalized spacial score (nSPS) is 25.1. The van der Waals surface area contributed by atoms with Crippen molar-refractivity contribution in [1.29, 1.82) is 0 Å². The number of H-pyrrole nitrogens is 1. The Hall–Kier alpha value is -3.16. The summed E-state index contributed by atoms with van der Waals surface area (Å²) in [5, 5.41) is 7.13. The van der Waals surface area contributed by atoms with Crippen LogP contribution in [0.25, 0.3) is 10.9 Å². The molecule has 2 fully saturated rings. The maximum absolute atomic E-state index is 14.2. The lowest BCUT2D eigenvalue weighted by Gasteiger charge is -2.38. The lowest BCUT2D eigenvalue weighted by molar-refractivity contribution is -0.130. The third kappa shape index (κ3) is 2.51. The number of benzene rings is 1. The van der Waals surface area contributed by atoms with Crippen molar-refractivity contribution < 1.29 is 18.5 Å². The van der Waals surface area contributed by atoms with Crippen molar-refractivity contribution in [2.45, 2.75) is 37.3 Å². The summed E-state index contributed by atoms with van der Waals surface area (Å²) in [5.41, 5.74) is 2.20. The Labute approximate surface area is 153 Å². The summed E-state index contributed by atoms with van der Waals surface area (Å²) in [6.07, 6.45) is 4.83. The van der Waals surface area contributed by atoms with E-state index in [-0.39, 0.29) is 36.1 Å². The van der Waals surface area contributed by atoms with Gasteiger partial charge in [-0.1, -0.05) is 11.2 Å². The van der Waals surface area contributed by atoms with Crippen LogP contribution in [-0.4, -0.2) is 39.1 Å². The number of hydrogen-bond acceptors (Lipinski definition) is 4. The monoisotopic (exact) mass is 368 g/mol. The van der Waals surface area contributed by atoms with Gasteiger partial charge in [0.05, 0.1) is 5.69 Å². The molecule has 2 N–H and O–H groups in total. The summed E-state index contributed by atoms with van der Waals surface area (Å²) in [7, 11) is 0. The summed E-state index contributed by atoms with van der Waals surface area (Å²) in [5.74, 6) is -0.391. The molecule has 3 heterocycles. The highest BCUT2D eigenvalue weighted by atomic mass is 19.1. The number of amides is 3. The van der Waals surface area contributed by atoms with E-state index in [4.69, 9.17) is 4.52 Å². The minimum absolute atomic E-state index is 0.135. The van der Waals surface area contributed by atoms with E-state index >= 15 is 0 Å². The Balaban J connectivity index is 1.31. The van der Waals surface area contributed by atoms with Crippen LogP contribution in [0.15, 0.2) is 41.2 Å². The van der Waals surface area contributed by atoms with Crippen LogP contribution < -0.4 is 5.32 Å². The van der Waals surface area contributed by atoms with Crippen molar-refractivity contribution in [3.8, 4) is 0 Å². The highest BCUT2D eigenvalue weighted by Crippen LogP contribution is 2.40. The Bertz CT molecular complexity index is 1020. The number of fused-ring (bicyclic) bond motifs is 1. The summed E-state index contributed by atoms with van der Waals surface area (Å²) in [6, 6.07) is 5.41. The average molecular weight is 368 g/mol.